The average molecular weight is 378 g/mol. The molecule has 2 aromatic carbocycles. The number of hydrogen-bond acceptors (Lipinski definition) is 6. The number of rotatable bonds is 3. The van der Waals surface area contributed by atoms with Gasteiger partial charge in [0.25, 0.3) is 0 Å². The van der Waals surface area contributed by atoms with Crippen molar-refractivity contribution < 1.29 is 9.84 Å². The topological polar surface area (TPSA) is 60.3 Å². The lowest BCUT2D eigenvalue weighted by Crippen LogP contribution is -2.63. The third-order valence-corrected chi connectivity index (χ3v) is 6.26. The van der Waals surface area contributed by atoms with Crippen LogP contribution in [0.2, 0.25) is 0 Å². The third kappa shape index (κ3) is 2.79. The van der Waals surface area contributed by atoms with E-state index in [-0.39, 0.29) is 5.66 Å². The van der Waals surface area contributed by atoms with Gasteiger partial charge in [-0.2, -0.15) is 0 Å². The van der Waals surface area contributed by atoms with Crippen molar-refractivity contribution in [1.82, 2.24) is 9.80 Å². The number of nitrogens with zero attached hydrogens (tertiary/aromatic N) is 3. The number of para-hydroxylation sites is 1. The van der Waals surface area contributed by atoms with Crippen molar-refractivity contribution in [1.29, 1.82) is 0 Å². The molecule has 2 aromatic rings. The smallest absolute Gasteiger partial charge is 0.134 e. The van der Waals surface area contributed by atoms with E-state index in [1.54, 1.807) is 13.2 Å². The molecule has 146 valence electrons. The van der Waals surface area contributed by atoms with Crippen LogP contribution in [0.3, 0.4) is 0 Å². The molecule has 0 aromatic heterocycles. The molecule has 0 radical (unpaired) electrons. The zero-order valence-corrected chi connectivity index (χ0v) is 16.2. The standard InChI is InChI=1S/C22H26N4O2/c1-28-17-7-6-16(20(27)14-17)15-25-11-8-22(9-12-25)24-19-5-3-2-4-18(19)21-23-10-13-26(21)22/h2-7,14,24,27H,8-13,15H2,1H3. The summed E-state index contributed by atoms with van der Waals surface area (Å²) in [5.74, 6) is 2.14. The Kier molecular flexibility index (Phi) is 4.16. The molecule has 3 heterocycles. The number of fused-ring (bicyclic) bond motifs is 4. The number of piperidine rings is 1. The first-order valence-electron chi connectivity index (χ1n) is 9.96. The van der Waals surface area contributed by atoms with E-state index in [4.69, 9.17) is 9.73 Å². The minimum absolute atomic E-state index is 0.0534. The zero-order chi connectivity index (χ0) is 19.1. The second-order valence-corrected chi connectivity index (χ2v) is 7.83. The summed E-state index contributed by atoms with van der Waals surface area (Å²) in [6.07, 6.45) is 2.05. The van der Waals surface area contributed by atoms with E-state index in [2.05, 4.69) is 39.4 Å². The molecule has 1 saturated heterocycles. The van der Waals surface area contributed by atoms with E-state index >= 15 is 0 Å². The van der Waals surface area contributed by atoms with Crippen molar-refractivity contribution in [2.45, 2.75) is 25.0 Å². The fourth-order valence-electron chi connectivity index (χ4n) is 4.72. The van der Waals surface area contributed by atoms with Crippen LogP contribution >= 0.6 is 0 Å². The van der Waals surface area contributed by atoms with E-state index < -0.39 is 0 Å². The molecule has 3 aliphatic heterocycles. The number of benzene rings is 2. The maximum absolute atomic E-state index is 10.3. The zero-order valence-electron chi connectivity index (χ0n) is 16.2. The Morgan fingerprint density at radius 2 is 1.96 bits per heavy atom. The van der Waals surface area contributed by atoms with Gasteiger partial charge >= 0.3 is 0 Å². The maximum Gasteiger partial charge on any atom is 0.134 e. The Balaban J connectivity index is 1.32. The first-order chi connectivity index (χ1) is 13.7. The van der Waals surface area contributed by atoms with Gasteiger partial charge in [0.2, 0.25) is 0 Å². The highest BCUT2D eigenvalue weighted by molar-refractivity contribution is 6.06. The highest BCUT2D eigenvalue weighted by Gasteiger charge is 2.46. The second-order valence-electron chi connectivity index (χ2n) is 7.83. The fraction of sp³-hybridized carbons (Fsp3) is 0.409. The number of amidine groups is 1. The Morgan fingerprint density at radius 1 is 1.14 bits per heavy atom. The Hall–Kier alpha value is -2.73. The Bertz CT molecular complexity index is 919. The van der Waals surface area contributed by atoms with E-state index in [0.717, 1.165) is 57.0 Å². The third-order valence-electron chi connectivity index (χ3n) is 6.26. The van der Waals surface area contributed by atoms with Gasteiger partial charge in [-0.05, 0) is 18.2 Å². The van der Waals surface area contributed by atoms with E-state index in [1.807, 2.05) is 12.1 Å². The number of ether oxygens (including phenoxy) is 1. The number of aromatic hydroxyl groups is 1. The SMILES string of the molecule is COc1ccc(CN2CCC3(CC2)Nc2ccccc2C2=NCCN23)c(O)c1. The van der Waals surface area contributed by atoms with Gasteiger partial charge in [-0.1, -0.05) is 18.2 Å². The van der Waals surface area contributed by atoms with E-state index in [9.17, 15) is 5.11 Å². The van der Waals surface area contributed by atoms with E-state index in [1.165, 1.54) is 11.3 Å². The first-order valence-corrected chi connectivity index (χ1v) is 9.96. The molecule has 0 atom stereocenters. The number of hydrogen-bond donors (Lipinski definition) is 2. The van der Waals surface area contributed by atoms with Crippen molar-refractivity contribution in [3.05, 3.63) is 53.6 Å². The van der Waals surface area contributed by atoms with Gasteiger partial charge in [-0.15, -0.1) is 0 Å². The maximum atomic E-state index is 10.3. The van der Waals surface area contributed by atoms with Crippen LogP contribution in [0.1, 0.15) is 24.0 Å². The largest absolute Gasteiger partial charge is 0.507 e. The predicted octanol–water partition coefficient (Wildman–Crippen LogP) is 2.88. The highest BCUT2D eigenvalue weighted by Crippen LogP contribution is 2.39. The minimum Gasteiger partial charge on any atom is -0.507 e. The average Bonchev–Trinajstić information content (AvgIpc) is 3.23. The number of methoxy groups -OCH3 is 1. The number of phenols is 1. The predicted molar refractivity (Wildman–Crippen MR) is 110 cm³/mol. The minimum atomic E-state index is -0.0534. The summed E-state index contributed by atoms with van der Waals surface area (Å²) in [6, 6.07) is 14.1. The van der Waals surface area contributed by atoms with Crippen LogP contribution in [0.25, 0.3) is 0 Å². The highest BCUT2D eigenvalue weighted by atomic mass is 16.5. The number of anilines is 1. The molecule has 6 nitrogen and oxygen atoms in total. The van der Waals surface area contributed by atoms with Crippen LogP contribution in [0.5, 0.6) is 11.5 Å². The molecule has 1 spiro atoms. The van der Waals surface area contributed by atoms with Gasteiger partial charge in [0, 0.05) is 61.9 Å². The summed E-state index contributed by atoms with van der Waals surface area (Å²) in [7, 11) is 1.61. The molecular weight excluding hydrogens is 352 g/mol. The lowest BCUT2D eigenvalue weighted by Gasteiger charge is -2.52. The summed E-state index contributed by atoms with van der Waals surface area (Å²) in [4.78, 5) is 9.71. The van der Waals surface area contributed by atoms with Crippen LogP contribution in [0.4, 0.5) is 5.69 Å². The molecule has 0 amide bonds. The number of nitrogens with one attached hydrogen (secondary N) is 1. The molecule has 0 unspecified atom stereocenters. The summed E-state index contributed by atoms with van der Waals surface area (Å²) in [5.41, 5.74) is 3.31. The molecule has 28 heavy (non-hydrogen) atoms. The normalized spacial score (nSPS) is 20.3. The molecular formula is C22H26N4O2. The number of likely N-dealkylation sites (tertiary alicyclic amines) is 1. The van der Waals surface area contributed by atoms with Crippen LogP contribution in [0.15, 0.2) is 47.5 Å². The summed E-state index contributed by atoms with van der Waals surface area (Å²) in [5, 5.41) is 14.1. The van der Waals surface area contributed by atoms with Crippen molar-refractivity contribution >= 4 is 11.5 Å². The van der Waals surface area contributed by atoms with E-state index in [0.29, 0.717) is 11.5 Å². The molecule has 3 aliphatic rings. The Morgan fingerprint density at radius 3 is 2.75 bits per heavy atom. The van der Waals surface area contributed by atoms with Crippen molar-refractivity contribution in [2.75, 3.05) is 38.6 Å². The summed E-state index contributed by atoms with van der Waals surface area (Å²) >= 11 is 0. The molecule has 0 saturated carbocycles. The summed E-state index contributed by atoms with van der Waals surface area (Å²) < 4.78 is 5.19. The van der Waals surface area contributed by atoms with Crippen LogP contribution in [-0.4, -0.2) is 59.7 Å². The van der Waals surface area contributed by atoms with Gasteiger partial charge in [-0.3, -0.25) is 9.89 Å². The van der Waals surface area contributed by atoms with Crippen LogP contribution < -0.4 is 10.1 Å². The van der Waals surface area contributed by atoms with Crippen LogP contribution in [0, 0.1) is 0 Å². The van der Waals surface area contributed by atoms with Gasteiger partial charge in [0.15, 0.2) is 0 Å². The van der Waals surface area contributed by atoms with Crippen molar-refractivity contribution in [3.63, 3.8) is 0 Å². The fourth-order valence-corrected chi connectivity index (χ4v) is 4.72. The van der Waals surface area contributed by atoms with Gasteiger partial charge < -0.3 is 20.1 Å². The molecule has 0 aliphatic carbocycles. The molecule has 5 rings (SSSR count). The second kappa shape index (κ2) is 6.71. The van der Waals surface area contributed by atoms with Crippen molar-refractivity contribution in [2.24, 2.45) is 4.99 Å². The van der Waals surface area contributed by atoms with Gasteiger partial charge in [0.05, 0.1) is 13.7 Å². The van der Waals surface area contributed by atoms with Gasteiger partial charge in [-0.25, -0.2) is 0 Å². The molecule has 2 N–H and O–H groups in total. The monoisotopic (exact) mass is 378 g/mol. The Labute approximate surface area is 165 Å². The number of aliphatic imine (C=N–C) groups is 1. The van der Waals surface area contributed by atoms with Crippen molar-refractivity contribution in [3.8, 4) is 11.5 Å². The quantitative estimate of drug-likeness (QED) is 0.860. The lowest BCUT2D eigenvalue weighted by molar-refractivity contribution is 0.0891. The first kappa shape index (κ1) is 17.4. The molecule has 1 fully saturated rings. The summed E-state index contributed by atoms with van der Waals surface area (Å²) in [6.45, 7) is 4.56. The molecule has 0 bridgehead atoms. The van der Waals surface area contributed by atoms with Gasteiger partial charge in [0.1, 0.15) is 23.0 Å². The van der Waals surface area contributed by atoms with Crippen LogP contribution in [-0.2, 0) is 6.54 Å². The number of phenolic OH excluding ortho intramolecular Hbond substituents is 1. The lowest BCUT2D eigenvalue weighted by atomic mass is 9.90. The molecule has 6 heteroatoms.